The van der Waals surface area contributed by atoms with Crippen molar-refractivity contribution in [1.29, 1.82) is 5.26 Å². The number of ketones is 1. The molecule has 0 saturated carbocycles. The van der Waals surface area contributed by atoms with Gasteiger partial charge in [-0.1, -0.05) is 23.2 Å². The van der Waals surface area contributed by atoms with Crippen LogP contribution < -0.4 is 16.4 Å². The molecule has 0 aromatic heterocycles. The van der Waals surface area contributed by atoms with Gasteiger partial charge in [-0.3, -0.25) is 9.59 Å². The Labute approximate surface area is 158 Å². The Kier molecular flexibility index (Phi) is 6.17. The largest absolute Gasteiger partial charge is 0.351 e. The summed E-state index contributed by atoms with van der Waals surface area (Å²) in [5.74, 6) is -3.08. The highest BCUT2D eigenvalue weighted by Crippen LogP contribution is 2.26. The second kappa shape index (κ2) is 8.34. The van der Waals surface area contributed by atoms with E-state index in [1.54, 1.807) is 6.07 Å². The second-order valence-corrected chi connectivity index (χ2v) is 5.95. The average molecular weight is 391 g/mol. The molecule has 3 amide bonds. The van der Waals surface area contributed by atoms with Crippen molar-refractivity contribution in [2.24, 2.45) is 11.7 Å². The van der Waals surface area contributed by atoms with Crippen molar-refractivity contribution in [3.8, 4) is 6.07 Å². The van der Waals surface area contributed by atoms with Gasteiger partial charge >= 0.3 is 6.03 Å². The van der Waals surface area contributed by atoms with Crippen LogP contribution in [0.15, 0.2) is 42.5 Å². The summed E-state index contributed by atoms with van der Waals surface area (Å²) >= 11 is 11.7. The minimum atomic E-state index is -1.57. The number of amides is 3. The highest BCUT2D eigenvalue weighted by molar-refractivity contribution is 6.36. The number of carbonyl (C=O) groups is 3. The van der Waals surface area contributed by atoms with E-state index in [4.69, 9.17) is 28.9 Å². The molecule has 0 bridgehead atoms. The minimum Gasteiger partial charge on any atom is -0.351 e. The molecular weight excluding hydrogens is 379 g/mol. The lowest BCUT2D eigenvalue weighted by Crippen LogP contribution is -2.28. The van der Waals surface area contributed by atoms with E-state index in [9.17, 15) is 19.6 Å². The molecule has 0 spiro atoms. The standard InChI is InChI=1S/C17H12Cl2N4O3/c18-10-3-6-14(13(19)7-10)23-16(25)12(8-20)15(24)9-1-4-11(5-2-9)22-17(21)26/h1-7,12H,(H,23,25)(H3,21,22,26). The fourth-order valence-corrected chi connectivity index (χ4v) is 2.51. The molecule has 132 valence electrons. The number of Topliss-reactive ketones (excluding diaryl/α,β-unsaturated/α-hetero) is 1. The molecule has 7 nitrogen and oxygen atoms in total. The van der Waals surface area contributed by atoms with Gasteiger partial charge in [-0.05, 0) is 42.5 Å². The first-order valence-electron chi connectivity index (χ1n) is 7.18. The minimum absolute atomic E-state index is 0.129. The number of benzene rings is 2. The third-order valence-electron chi connectivity index (χ3n) is 3.28. The van der Waals surface area contributed by atoms with Gasteiger partial charge < -0.3 is 16.4 Å². The van der Waals surface area contributed by atoms with Crippen LogP contribution in [0.4, 0.5) is 16.2 Å². The topological polar surface area (TPSA) is 125 Å². The van der Waals surface area contributed by atoms with E-state index in [1.165, 1.54) is 42.5 Å². The summed E-state index contributed by atoms with van der Waals surface area (Å²) in [6.45, 7) is 0. The summed E-state index contributed by atoms with van der Waals surface area (Å²) in [5.41, 5.74) is 5.73. The van der Waals surface area contributed by atoms with Crippen molar-refractivity contribution in [1.82, 2.24) is 0 Å². The predicted octanol–water partition coefficient (Wildman–Crippen LogP) is 3.45. The third-order valence-corrected chi connectivity index (χ3v) is 3.83. The summed E-state index contributed by atoms with van der Waals surface area (Å²) in [5, 5.41) is 14.6. The van der Waals surface area contributed by atoms with Crippen molar-refractivity contribution < 1.29 is 14.4 Å². The lowest BCUT2D eigenvalue weighted by atomic mass is 9.97. The molecule has 9 heteroatoms. The van der Waals surface area contributed by atoms with Crippen LogP contribution >= 0.6 is 23.2 Å². The third kappa shape index (κ3) is 4.72. The maximum absolute atomic E-state index is 12.4. The van der Waals surface area contributed by atoms with Gasteiger partial charge in [0.15, 0.2) is 11.7 Å². The first kappa shape index (κ1) is 19.2. The first-order chi connectivity index (χ1) is 12.3. The normalized spacial score (nSPS) is 11.1. The van der Waals surface area contributed by atoms with Crippen molar-refractivity contribution in [3.63, 3.8) is 0 Å². The van der Waals surface area contributed by atoms with Gasteiger partial charge in [-0.25, -0.2) is 4.79 Å². The Bertz CT molecular complexity index is 907. The van der Waals surface area contributed by atoms with E-state index in [-0.39, 0.29) is 16.3 Å². The maximum Gasteiger partial charge on any atom is 0.316 e. The van der Waals surface area contributed by atoms with Crippen molar-refractivity contribution in [2.75, 3.05) is 10.6 Å². The van der Waals surface area contributed by atoms with Gasteiger partial charge in [0.2, 0.25) is 5.91 Å². The molecule has 0 aliphatic heterocycles. The monoisotopic (exact) mass is 390 g/mol. The number of nitrogens with zero attached hydrogens (tertiary/aromatic N) is 1. The van der Waals surface area contributed by atoms with Gasteiger partial charge in [0.05, 0.1) is 16.8 Å². The summed E-state index contributed by atoms with van der Waals surface area (Å²) in [4.78, 5) is 35.5. The number of halogens is 2. The Hall–Kier alpha value is -3.08. The van der Waals surface area contributed by atoms with Crippen molar-refractivity contribution >= 4 is 52.3 Å². The molecule has 0 fully saturated rings. The van der Waals surface area contributed by atoms with E-state index >= 15 is 0 Å². The van der Waals surface area contributed by atoms with Crippen LogP contribution in [0.3, 0.4) is 0 Å². The molecular formula is C17H12Cl2N4O3. The van der Waals surface area contributed by atoms with E-state index in [1.807, 2.05) is 0 Å². The molecule has 0 radical (unpaired) electrons. The molecule has 1 atom stereocenters. The molecule has 0 saturated heterocycles. The molecule has 1 unspecified atom stereocenters. The molecule has 26 heavy (non-hydrogen) atoms. The van der Waals surface area contributed by atoms with E-state index in [0.29, 0.717) is 10.7 Å². The highest BCUT2D eigenvalue weighted by atomic mass is 35.5. The number of primary amides is 1. The van der Waals surface area contributed by atoms with E-state index in [2.05, 4.69) is 10.6 Å². The summed E-state index contributed by atoms with van der Waals surface area (Å²) in [6.07, 6.45) is 0. The highest BCUT2D eigenvalue weighted by Gasteiger charge is 2.28. The number of anilines is 2. The van der Waals surface area contributed by atoms with Gasteiger partial charge in [0.25, 0.3) is 0 Å². The molecule has 0 aliphatic rings. The number of nitrogens with two attached hydrogens (primary N) is 1. The summed E-state index contributed by atoms with van der Waals surface area (Å²) in [6, 6.07) is 10.9. The lowest BCUT2D eigenvalue weighted by molar-refractivity contribution is -0.117. The number of urea groups is 1. The maximum atomic E-state index is 12.4. The summed E-state index contributed by atoms with van der Waals surface area (Å²) in [7, 11) is 0. The quantitative estimate of drug-likeness (QED) is 0.533. The summed E-state index contributed by atoms with van der Waals surface area (Å²) < 4.78 is 0. The van der Waals surface area contributed by atoms with E-state index < -0.39 is 23.6 Å². The number of carbonyl (C=O) groups excluding carboxylic acids is 3. The molecule has 2 aromatic carbocycles. The zero-order valence-corrected chi connectivity index (χ0v) is 14.6. The van der Waals surface area contributed by atoms with Crippen LogP contribution in [0.25, 0.3) is 0 Å². The average Bonchev–Trinajstić information content (AvgIpc) is 2.58. The second-order valence-electron chi connectivity index (χ2n) is 5.11. The fourth-order valence-electron chi connectivity index (χ4n) is 2.06. The SMILES string of the molecule is N#CC(C(=O)Nc1ccc(Cl)cc1Cl)C(=O)c1ccc(NC(N)=O)cc1. The molecule has 0 aliphatic carbocycles. The number of hydrogen-bond acceptors (Lipinski definition) is 4. The van der Waals surface area contributed by atoms with E-state index in [0.717, 1.165) is 0 Å². The van der Waals surface area contributed by atoms with Crippen LogP contribution in [-0.2, 0) is 4.79 Å². The number of hydrogen-bond donors (Lipinski definition) is 3. The predicted molar refractivity (Wildman–Crippen MR) is 98.2 cm³/mol. The smallest absolute Gasteiger partial charge is 0.316 e. The lowest BCUT2D eigenvalue weighted by Gasteiger charge is -2.11. The zero-order chi connectivity index (χ0) is 19.3. The van der Waals surface area contributed by atoms with Crippen LogP contribution in [0, 0.1) is 17.2 Å². The molecule has 0 heterocycles. The first-order valence-corrected chi connectivity index (χ1v) is 7.93. The van der Waals surface area contributed by atoms with Crippen LogP contribution in [0.5, 0.6) is 0 Å². The Morgan fingerprint density at radius 1 is 1.04 bits per heavy atom. The number of rotatable bonds is 5. The van der Waals surface area contributed by atoms with Gasteiger partial charge in [-0.15, -0.1) is 0 Å². The Balaban J connectivity index is 2.16. The van der Waals surface area contributed by atoms with Crippen LogP contribution in [0.1, 0.15) is 10.4 Å². The molecule has 2 aromatic rings. The Morgan fingerprint density at radius 3 is 2.23 bits per heavy atom. The molecule has 2 rings (SSSR count). The fraction of sp³-hybridized carbons (Fsp3) is 0.0588. The van der Waals surface area contributed by atoms with Gasteiger partial charge in [0, 0.05) is 16.3 Å². The van der Waals surface area contributed by atoms with Crippen LogP contribution in [0.2, 0.25) is 10.0 Å². The van der Waals surface area contributed by atoms with Crippen molar-refractivity contribution in [2.45, 2.75) is 0 Å². The van der Waals surface area contributed by atoms with Gasteiger partial charge in [-0.2, -0.15) is 5.26 Å². The van der Waals surface area contributed by atoms with Crippen molar-refractivity contribution in [3.05, 3.63) is 58.1 Å². The molecule has 4 N–H and O–H groups in total. The number of nitrogens with one attached hydrogen (secondary N) is 2. The number of nitriles is 1. The van der Waals surface area contributed by atoms with Gasteiger partial charge in [0.1, 0.15) is 0 Å². The Morgan fingerprint density at radius 2 is 1.69 bits per heavy atom. The zero-order valence-electron chi connectivity index (χ0n) is 13.1. The van der Waals surface area contributed by atoms with Crippen LogP contribution in [-0.4, -0.2) is 17.7 Å².